The van der Waals surface area contributed by atoms with E-state index in [1.807, 2.05) is 0 Å². The Kier molecular flexibility index (Phi) is 5.46. The molecule has 0 spiro atoms. The number of rotatable bonds is 3. The summed E-state index contributed by atoms with van der Waals surface area (Å²) < 4.78 is 27.6. The topological polar surface area (TPSA) is 43.4 Å². The molecule has 0 amide bonds. The molecule has 0 aliphatic carbocycles. The van der Waals surface area contributed by atoms with Gasteiger partial charge in [-0.2, -0.15) is 8.42 Å². The van der Waals surface area contributed by atoms with Crippen molar-refractivity contribution in [2.24, 2.45) is 0 Å². The second-order valence-electron chi connectivity index (χ2n) is 2.91. The van der Waals surface area contributed by atoms with Crippen molar-refractivity contribution in [1.29, 1.82) is 0 Å². The third-order valence-corrected chi connectivity index (χ3v) is 2.84. The Labute approximate surface area is 96.8 Å². The average molecular weight is 207 g/mol. The summed E-state index contributed by atoms with van der Waals surface area (Å²) in [7, 11) is -3.56. The Hall–Kier alpha value is -0.273. The maximum atomic E-state index is 11.4. The molecule has 1 aromatic carbocycles. The van der Waals surface area contributed by atoms with Gasteiger partial charge < -0.3 is 0 Å². The third-order valence-electron chi connectivity index (χ3n) is 1.35. The van der Waals surface area contributed by atoms with Crippen LogP contribution < -0.4 is 0 Å². The molecule has 0 bridgehead atoms. The maximum Gasteiger partial charge on any atom is 0.297 e. The SMILES string of the molecule is CC(C)OS(=O)(=O)c1ccccc1.[Li]. The number of hydrogen-bond acceptors (Lipinski definition) is 3. The van der Waals surface area contributed by atoms with Crippen LogP contribution in [0.3, 0.4) is 0 Å². The van der Waals surface area contributed by atoms with Crippen molar-refractivity contribution in [2.75, 3.05) is 0 Å². The molecule has 0 aromatic heterocycles. The van der Waals surface area contributed by atoms with E-state index in [4.69, 9.17) is 4.18 Å². The fraction of sp³-hybridized carbons (Fsp3) is 0.333. The standard InChI is InChI=1S/C9H12O3S.Li/c1-8(2)12-13(10,11)9-6-4-3-5-7-9;/h3-8H,1-2H3;. The summed E-state index contributed by atoms with van der Waals surface area (Å²) in [4.78, 5) is 0.198. The van der Waals surface area contributed by atoms with Crippen molar-refractivity contribution >= 4 is 29.0 Å². The second kappa shape index (κ2) is 5.57. The van der Waals surface area contributed by atoms with Gasteiger partial charge in [-0.05, 0) is 26.0 Å². The van der Waals surface area contributed by atoms with Gasteiger partial charge in [-0.25, -0.2) is 0 Å². The summed E-state index contributed by atoms with van der Waals surface area (Å²) in [5, 5.41) is 0. The minimum atomic E-state index is -3.56. The summed E-state index contributed by atoms with van der Waals surface area (Å²) in [5.41, 5.74) is 0. The molecular weight excluding hydrogens is 195 g/mol. The Morgan fingerprint density at radius 2 is 1.64 bits per heavy atom. The number of hydrogen-bond donors (Lipinski definition) is 0. The molecule has 0 saturated carbocycles. The van der Waals surface area contributed by atoms with Gasteiger partial charge in [-0.1, -0.05) is 18.2 Å². The van der Waals surface area contributed by atoms with Crippen LogP contribution in [-0.2, 0) is 14.3 Å². The van der Waals surface area contributed by atoms with Gasteiger partial charge in [0.05, 0.1) is 11.0 Å². The Morgan fingerprint density at radius 3 is 2.07 bits per heavy atom. The van der Waals surface area contributed by atoms with Gasteiger partial charge >= 0.3 is 0 Å². The quantitative estimate of drug-likeness (QED) is 0.556. The molecule has 1 rings (SSSR count). The maximum absolute atomic E-state index is 11.4. The van der Waals surface area contributed by atoms with E-state index >= 15 is 0 Å². The fourth-order valence-electron chi connectivity index (χ4n) is 0.896. The van der Waals surface area contributed by atoms with Crippen molar-refractivity contribution < 1.29 is 12.6 Å². The molecule has 0 N–H and O–H groups in total. The van der Waals surface area contributed by atoms with Gasteiger partial charge in [0.25, 0.3) is 10.1 Å². The minimum absolute atomic E-state index is 0. The van der Waals surface area contributed by atoms with E-state index in [1.54, 1.807) is 32.0 Å². The minimum Gasteiger partial charge on any atom is -0.264 e. The van der Waals surface area contributed by atoms with Crippen LogP contribution in [0.4, 0.5) is 0 Å². The first-order chi connectivity index (χ1) is 6.02. The first-order valence-corrected chi connectivity index (χ1v) is 5.41. The third kappa shape index (κ3) is 3.85. The van der Waals surface area contributed by atoms with Crippen LogP contribution in [0.15, 0.2) is 35.2 Å². The van der Waals surface area contributed by atoms with E-state index < -0.39 is 10.1 Å². The molecule has 3 nitrogen and oxygen atoms in total. The van der Waals surface area contributed by atoms with Crippen molar-refractivity contribution in [3.8, 4) is 0 Å². The first kappa shape index (κ1) is 13.7. The van der Waals surface area contributed by atoms with Gasteiger partial charge in [0.2, 0.25) is 0 Å². The van der Waals surface area contributed by atoms with Crippen molar-refractivity contribution in [2.45, 2.75) is 24.8 Å². The van der Waals surface area contributed by atoms with Crippen LogP contribution in [0.2, 0.25) is 0 Å². The molecule has 0 aliphatic rings. The Morgan fingerprint density at radius 1 is 1.14 bits per heavy atom. The molecule has 14 heavy (non-hydrogen) atoms. The molecule has 1 radical (unpaired) electrons. The van der Waals surface area contributed by atoms with Crippen LogP contribution >= 0.6 is 0 Å². The molecule has 0 heterocycles. The van der Waals surface area contributed by atoms with Crippen LogP contribution in [0.1, 0.15) is 13.8 Å². The second-order valence-corrected chi connectivity index (χ2v) is 4.48. The summed E-state index contributed by atoms with van der Waals surface area (Å²) in [6, 6.07) is 8.11. The van der Waals surface area contributed by atoms with Gasteiger partial charge in [-0.3, -0.25) is 4.18 Å². The van der Waals surface area contributed by atoms with E-state index in [2.05, 4.69) is 0 Å². The zero-order chi connectivity index (χ0) is 9.90. The van der Waals surface area contributed by atoms with Crippen LogP contribution in [0.25, 0.3) is 0 Å². The van der Waals surface area contributed by atoms with E-state index in [-0.39, 0.29) is 29.9 Å². The summed E-state index contributed by atoms with van der Waals surface area (Å²) in [5.74, 6) is 0. The van der Waals surface area contributed by atoms with Gasteiger partial charge in [0, 0.05) is 18.9 Å². The van der Waals surface area contributed by atoms with E-state index in [9.17, 15) is 8.42 Å². The van der Waals surface area contributed by atoms with E-state index in [0.717, 1.165) is 0 Å². The van der Waals surface area contributed by atoms with Gasteiger partial charge in [0.15, 0.2) is 0 Å². The molecule has 0 saturated heterocycles. The normalized spacial score (nSPS) is 11.1. The number of benzene rings is 1. The average Bonchev–Trinajstić information content (AvgIpc) is 2.04. The fourth-order valence-corrected chi connectivity index (χ4v) is 2.00. The zero-order valence-electron chi connectivity index (χ0n) is 8.60. The molecule has 0 fully saturated rings. The largest absolute Gasteiger partial charge is 0.297 e. The molecule has 5 heteroatoms. The molecule has 0 unspecified atom stereocenters. The van der Waals surface area contributed by atoms with Crippen LogP contribution in [0, 0.1) is 0 Å². The molecule has 0 aliphatic heterocycles. The van der Waals surface area contributed by atoms with Crippen molar-refractivity contribution in [3.63, 3.8) is 0 Å². The zero-order valence-corrected chi connectivity index (χ0v) is 9.41. The summed E-state index contributed by atoms with van der Waals surface area (Å²) >= 11 is 0. The van der Waals surface area contributed by atoms with Crippen molar-refractivity contribution in [1.82, 2.24) is 0 Å². The predicted molar refractivity (Wildman–Crippen MR) is 55.6 cm³/mol. The van der Waals surface area contributed by atoms with Gasteiger partial charge in [-0.15, -0.1) is 0 Å². The molecule has 73 valence electrons. The Bertz CT molecular complexity index is 359. The first-order valence-electron chi connectivity index (χ1n) is 4.01. The van der Waals surface area contributed by atoms with Gasteiger partial charge in [0.1, 0.15) is 0 Å². The summed E-state index contributed by atoms with van der Waals surface area (Å²) in [6.07, 6.45) is -0.329. The van der Waals surface area contributed by atoms with Crippen LogP contribution in [0.5, 0.6) is 0 Å². The summed E-state index contributed by atoms with van der Waals surface area (Å²) in [6.45, 7) is 3.36. The van der Waals surface area contributed by atoms with Crippen LogP contribution in [-0.4, -0.2) is 33.4 Å². The predicted octanol–water partition coefficient (Wildman–Crippen LogP) is 1.42. The molecular formula is C9H12LiO3S. The molecule has 0 atom stereocenters. The molecule has 1 aromatic rings. The van der Waals surface area contributed by atoms with E-state index in [1.165, 1.54) is 12.1 Å². The van der Waals surface area contributed by atoms with E-state index in [0.29, 0.717) is 0 Å². The van der Waals surface area contributed by atoms with Crippen molar-refractivity contribution in [3.05, 3.63) is 30.3 Å². The Balaban J connectivity index is 0.00000169. The monoisotopic (exact) mass is 207 g/mol. The smallest absolute Gasteiger partial charge is 0.264 e.